The second kappa shape index (κ2) is 7.69. The van der Waals surface area contributed by atoms with Crippen molar-refractivity contribution in [2.24, 2.45) is 0 Å². The second-order valence-electron chi connectivity index (χ2n) is 6.39. The van der Waals surface area contributed by atoms with Crippen LogP contribution in [0, 0.1) is 0 Å². The van der Waals surface area contributed by atoms with E-state index >= 15 is 0 Å². The van der Waals surface area contributed by atoms with Gasteiger partial charge in [-0.25, -0.2) is 4.79 Å². The number of carboxylic acid groups (broad SMARTS) is 1. The Morgan fingerprint density at radius 1 is 0.935 bits per heavy atom. The van der Waals surface area contributed by atoms with Crippen molar-refractivity contribution in [1.82, 2.24) is 15.3 Å². The number of hydrogen-bond donors (Lipinski definition) is 2. The van der Waals surface area contributed by atoms with E-state index < -0.39 is 41.2 Å². The maximum Gasteiger partial charge on any atom is 0.422 e. The monoisotopic (exact) mass is 431 g/mol. The summed E-state index contributed by atoms with van der Waals surface area (Å²) in [5.41, 5.74) is -0.907. The van der Waals surface area contributed by atoms with Gasteiger partial charge in [0.1, 0.15) is 11.3 Å². The largest absolute Gasteiger partial charge is 0.479 e. The van der Waals surface area contributed by atoms with E-state index in [1.54, 1.807) is 18.2 Å². The Hall–Kier alpha value is -3.99. The number of aliphatic carboxylic acids is 1. The van der Waals surface area contributed by atoms with Crippen molar-refractivity contribution in [2.45, 2.75) is 12.3 Å². The Bertz CT molecular complexity index is 1220. The van der Waals surface area contributed by atoms with Crippen LogP contribution in [0.25, 0.3) is 34.3 Å². The van der Waals surface area contributed by atoms with Gasteiger partial charge in [-0.05, 0) is 5.56 Å². The minimum absolute atomic E-state index is 0.0582. The van der Waals surface area contributed by atoms with Crippen LogP contribution in [0.15, 0.2) is 63.6 Å². The molecule has 0 aliphatic rings. The van der Waals surface area contributed by atoms with Crippen molar-refractivity contribution in [3.63, 3.8) is 0 Å². The standard InChI is InChI=1S/C20H12F3N3O5/c21-20(22,23)13-14(10-4-2-1-3-5-10)25-30-16(13)18-24-17(26-31-18)12-8-6-11(7-9-12)15(27)19(28)29/h1-9,15,27H,(H,28,29)/t15-/m1/s1. The molecule has 0 radical (unpaired) electrons. The summed E-state index contributed by atoms with van der Waals surface area (Å²) >= 11 is 0. The molecule has 0 amide bonds. The van der Waals surface area contributed by atoms with Crippen LogP contribution in [0.2, 0.25) is 0 Å². The first-order valence-electron chi connectivity index (χ1n) is 8.73. The quantitative estimate of drug-likeness (QED) is 0.482. The normalized spacial score (nSPS) is 12.6. The summed E-state index contributed by atoms with van der Waals surface area (Å²) in [5.74, 6) is -2.72. The fraction of sp³-hybridized carbons (Fsp3) is 0.100. The Morgan fingerprint density at radius 3 is 2.23 bits per heavy atom. The molecule has 0 unspecified atom stereocenters. The van der Waals surface area contributed by atoms with Gasteiger partial charge in [0, 0.05) is 11.1 Å². The Labute approximate surface area is 171 Å². The summed E-state index contributed by atoms with van der Waals surface area (Å²) < 4.78 is 51.2. The first kappa shape index (κ1) is 20.3. The lowest BCUT2D eigenvalue weighted by molar-refractivity contribution is -0.147. The molecule has 8 nitrogen and oxygen atoms in total. The average Bonchev–Trinajstić information content (AvgIpc) is 3.41. The van der Waals surface area contributed by atoms with Crippen LogP contribution in [0.1, 0.15) is 17.2 Å². The topological polar surface area (TPSA) is 122 Å². The predicted octanol–water partition coefficient (Wildman–Crippen LogP) is 4.20. The maximum atomic E-state index is 13.8. The summed E-state index contributed by atoms with van der Waals surface area (Å²) in [7, 11) is 0. The van der Waals surface area contributed by atoms with Gasteiger partial charge in [0.15, 0.2) is 6.10 Å². The van der Waals surface area contributed by atoms with Crippen LogP contribution in [-0.2, 0) is 11.0 Å². The van der Waals surface area contributed by atoms with E-state index in [4.69, 9.17) is 14.2 Å². The van der Waals surface area contributed by atoms with E-state index in [9.17, 15) is 23.1 Å². The van der Waals surface area contributed by atoms with E-state index in [1.807, 2.05) is 0 Å². The van der Waals surface area contributed by atoms with Gasteiger partial charge in [0.05, 0.1) is 0 Å². The fourth-order valence-corrected chi connectivity index (χ4v) is 2.88. The molecule has 2 aromatic carbocycles. The molecule has 0 saturated carbocycles. The third kappa shape index (κ3) is 3.90. The highest BCUT2D eigenvalue weighted by atomic mass is 19.4. The minimum Gasteiger partial charge on any atom is -0.479 e. The van der Waals surface area contributed by atoms with Gasteiger partial charge in [-0.2, -0.15) is 18.2 Å². The maximum absolute atomic E-state index is 13.8. The molecule has 0 aliphatic carbocycles. The molecule has 158 valence electrons. The Morgan fingerprint density at radius 2 is 1.61 bits per heavy atom. The molecule has 2 heterocycles. The first-order valence-corrected chi connectivity index (χ1v) is 8.73. The number of nitrogens with zero attached hydrogens (tertiary/aromatic N) is 3. The van der Waals surface area contributed by atoms with Crippen LogP contribution in [0.5, 0.6) is 0 Å². The fourth-order valence-electron chi connectivity index (χ4n) is 2.88. The predicted molar refractivity (Wildman–Crippen MR) is 98.3 cm³/mol. The zero-order valence-electron chi connectivity index (χ0n) is 15.4. The lowest BCUT2D eigenvalue weighted by Gasteiger charge is -2.06. The lowest BCUT2D eigenvalue weighted by Crippen LogP contribution is -2.10. The van der Waals surface area contributed by atoms with Crippen molar-refractivity contribution in [1.29, 1.82) is 0 Å². The number of benzene rings is 2. The van der Waals surface area contributed by atoms with Gasteiger partial charge in [-0.3, -0.25) is 0 Å². The number of aliphatic hydroxyl groups is 1. The van der Waals surface area contributed by atoms with Crippen molar-refractivity contribution >= 4 is 5.97 Å². The number of carboxylic acids is 1. The third-order valence-corrected chi connectivity index (χ3v) is 4.36. The summed E-state index contributed by atoms with van der Waals surface area (Å²) in [6.07, 6.45) is -6.51. The van der Waals surface area contributed by atoms with Crippen molar-refractivity contribution in [3.8, 4) is 34.3 Å². The van der Waals surface area contributed by atoms with Crippen molar-refractivity contribution in [2.75, 3.05) is 0 Å². The van der Waals surface area contributed by atoms with Crippen LogP contribution in [0.3, 0.4) is 0 Å². The molecule has 4 aromatic rings. The molecule has 0 saturated heterocycles. The van der Waals surface area contributed by atoms with Crippen molar-refractivity contribution in [3.05, 3.63) is 65.7 Å². The summed E-state index contributed by atoms with van der Waals surface area (Å²) in [4.78, 5) is 14.8. The number of halogens is 3. The zero-order valence-corrected chi connectivity index (χ0v) is 15.4. The number of carbonyl (C=O) groups is 1. The number of hydrogen-bond acceptors (Lipinski definition) is 7. The summed E-state index contributed by atoms with van der Waals surface area (Å²) in [6.45, 7) is 0. The van der Waals surface area contributed by atoms with Gasteiger partial charge >= 0.3 is 12.1 Å². The van der Waals surface area contributed by atoms with Gasteiger partial charge in [0.25, 0.3) is 5.89 Å². The molecule has 1 atom stereocenters. The van der Waals surface area contributed by atoms with Gasteiger partial charge in [0.2, 0.25) is 11.6 Å². The number of aromatic nitrogens is 3. The van der Waals surface area contributed by atoms with Crippen LogP contribution in [-0.4, -0.2) is 31.5 Å². The van der Waals surface area contributed by atoms with Crippen LogP contribution >= 0.6 is 0 Å². The van der Waals surface area contributed by atoms with E-state index in [0.29, 0.717) is 5.56 Å². The molecule has 0 bridgehead atoms. The van der Waals surface area contributed by atoms with Crippen LogP contribution < -0.4 is 0 Å². The number of aliphatic hydroxyl groups excluding tert-OH is 1. The minimum atomic E-state index is -4.80. The average molecular weight is 431 g/mol. The van der Waals surface area contributed by atoms with Gasteiger partial charge in [-0.1, -0.05) is 64.9 Å². The number of alkyl halides is 3. The Kier molecular flexibility index (Phi) is 5.03. The second-order valence-corrected chi connectivity index (χ2v) is 6.39. The first-order chi connectivity index (χ1) is 14.8. The van der Waals surface area contributed by atoms with Crippen LogP contribution in [0.4, 0.5) is 13.2 Å². The van der Waals surface area contributed by atoms with E-state index in [0.717, 1.165) is 0 Å². The summed E-state index contributed by atoms with van der Waals surface area (Å²) in [5, 5.41) is 25.6. The molecule has 0 fully saturated rings. The smallest absolute Gasteiger partial charge is 0.422 e. The molecule has 11 heteroatoms. The highest BCUT2D eigenvalue weighted by molar-refractivity contribution is 5.74. The van der Waals surface area contributed by atoms with Crippen molar-refractivity contribution < 1.29 is 37.2 Å². The molecule has 31 heavy (non-hydrogen) atoms. The molecule has 4 rings (SSSR count). The SMILES string of the molecule is O=C(O)[C@H](O)c1ccc(-c2noc(-c3onc(-c4ccccc4)c3C(F)(F)F)n2)cc1. The highest BCUT2D eigenvalue weighted by Gasteiger charge is 2.42. The van der Waals surface area contributed by atoms with E-state index in [1.165, 1.54) is 36.4 Å². The third-order valence-electron chi connectivity index (χ3n) is 4.36. The van der Waals surface area contributed by atoms with Gasteiger partial charge in [-0.15, -0.1) is 0 Å². The number of rotatable bonds is 5. The van der Waals surface area contributed by atoms with E-state index in [2.05, 4.69) is 15.3 Å². The van der Waals surface area contributed by atoms with E-state index in [-0.39, 0.29) is 17.0 Å². The molecule has 2 aromatic heterocycles. The molecule has 2 N–H and O–H groups in total. The molecular weight excluding hydrogens is 419 g/mol. The highest BCUT2D eigenvalue weighted by Crippen LogP contribution is 2.43. The molecule has 0 spiro atoms. The Balaban J connectivity index is 1.71. The van der Waals surface area contributed by atoms with Gasteiger partial charge < -0.3 is 19.3 Å². The molecule has 0 aliphatic heterocycles. The molecular formula is C20H12F3N3O5. The zero-order chi connectivity index (χ0) is 22.2. The lowest BCUT2D eigenvalue weighted by atomic mass is 10.1. The summed E-state index contributed by atoms with van der Waals surface area (Å²) in [6, 6.07) is 13.2.